The summed E-state index contributed by atoms with van der Waals surface area (Å²) in [6.07, 6.45) is 0. The van der Waals surface area contributed by atoms with Gasteiger partial charge in [0.2, 0.25) is 0 Å². The third kappa shape index (κ3) is 1.96. The Morgan fingerprint density at radius 2 is 2.06 bits per heavy atom. The predicted molar refractivity (Wildman–Crippen MR) is 65.2 cm³/mol. The van der Waals surface area contributed by atoms with Crippen LogP contribution in [0.1, 0.15) is 17.3 Å². The van der Waals surface area contributed by atoms with Crippen molar-refractivity contribution in [1.82, 2.24) is 4.31 Å². The van der Waals surface area contributed by atoms with Crippen LogP contribution >= 0.6 is 10.8 Å². The average Bonchev–Trinajstić information content (AvgIpc) is 2.52. The maximum absolute atomic E-state index is 12.0. The van der Waals surface area contributed by atoms with Gasteiger partial charge in [0.05, 0.1) is 17.1 Å². The van der Waals surface area contributed by atoms with Gasteiger partial charge in [0.25, 0.3) is 5.91 Å². The number of carbonyl (C=O) groups excluding carboxylic acids is 2. The summed E-state index contributed by atoms with van der Waals surface area (Å²) in [6.45, 7) is 1.34. The Hall–Kier alpha value is -1.57. The van der Waals surface area contributed by atoms with Crippen LogP contribution in [0.3, 0.4) is 0 Å². The maximum Gasteiger partial charge on any atom is 0.327 e. The van der Waals surface area contributed by atoms with Crippen molar-refractivity contribution in [3.8, 4) is 0 Å². The van der Waals surface area contributed by atoms with Crippen LogP contribution in [0.2, 0.25) is 0 Å². The standard InChI is InChI=1S/C11H13NO5S/c1-2-17-10(13)7-12-11(14)8-5-3-4-6-9(8)18(12,15)16/h3-6,15-16H,2,7H2,1H3. The topological polar surface area (TPSA) is 87.1 Å². The lowest BCUT2D eigenvalue weighted by molar-refractivity contribution is -0.143. The smallest absolute Gasteiger partial charge is 0.327 e. The summed E-state index contributed by atoms with van der Waals surface area (Å²) in [6, 6.07) is 6.19. The van der Waals surface area contributed by atoms with Gasteiger partial charge in [-0.15, -0.1) is 0 Å². The Morgan fingerprint density at radius 3 is 2.67 bits per heavy atom. The molecule has 0 unspecified atom stereocenters. The summed E-state index contributed by atoms with van der Waals surface area (Å²) in [5, 5.41) is 0. The van der Waals surface area contributed by atoms with E-state index < -0.39 is 29.2 Å². The predicted octanol–water partition coefficient (Wildman–Crippen LogP) is 1.73. The summed E-state index contributed by atoms with van der Waals surface area (Å²) in [5.74, 6) is -1.24. The van der Waals surface area contributed by atoms with E-state index in [2.05, 4.69) is 0 Å². The van der Waals surface area contributed by atoms with E-state index in [0.717, 1.165) is 4.31 Å². The number of hydrogen-bond acceptors (Lipinski definition) is 5. The molecule has 1 aromatic rings. The average molecular weight is 271 g/mol. The van der Waals surface area contributed by atoms with E-state index in [1.807, 2.05) is 0 Å². The summed E-state index contributed by atoms with van der Waals surface area (Å²) in [5.41, 5.74) is 0.210. The zero-order valence-electron chi connectivity index (χ0n) is 9.70. The molecular formula is C11H13NO5S. The maximum atomic E-state index is 12.0. The van der Waals surface area contributed by atoms with Crippen molar-refractivity contribution >= 4 is 22.7 Å². The highest BCUT2D eigenvalue weighted by atomic mass is 32.3. The fourth-order valence-corrected chi connectivity index (χ4v) is 3.30. The molecule has 0 radical (unpaired) electrons. The van der Waals surface area contributed by atoms with E-state index >= 15 is 0 Å². The van der Waals surface area contributed by atoms with Crippen molar-refractivity contribution in [3.05, 3.63) is 29.8 Å². The molecule has 0 aliphatic carbocycles. The largest absolute Gasteiger partial charge is 0.465 e. The Bertz CT molecular complexity index is 502. The molecule has 1 aliphatic rings. The van der Waals surface area contributed by atoms with Gasteiger partial charge in [-0.3, -0.25) is 18.7 Å². The number of rotatable bonds is 3. The van der Waals surface area contributed by atoms with Gasteiger partial charge in [0.1, 0.15) is 6.54 Å². The van der Waals surface area contributed by atoms with E-state index in [4.69, 9.17) is 4.74 Å². The number of carbonyl (C=O) groups is 2. The summed E-state index contributed by atoms with van der Waals surface area (Å²) < 4.78 is 25.5. The molecule has 1 aliphatic heterocycles. The van der Waals surface area contributed by atoms with Gasteiger partial charge < -0.3 is 4.74 Å². The monoisotopic (exact) mass is 271 g/mol. The second kappa shape index (κ2) is 4.60. The Kier molecular flexibility index (Phi) is 3.29. The second-order valence-corrected chi connectivity index (χ2v) is 5.58. The van der Waals surface area contributed by atoms with Crippen LogP contribution in [-0.2, 0) is 9.53 Å². The number of benzene rings is 1. The fourth-order valence-electron chi connectivity index (χ4n) is 1.74. The molecule has 1 heterocycles. The first-order valence-corrected chi connectivity index (χ1v) is 6.83. The molecule has 0 saturated heterocycles. The summed E-state index contributed by atoms with van der Waals surface area (Å²) >= 11 is 0. The van der Waals surface area contributed by atoms with Gasteiger partial charge in [-0.25, -0.2) is 4.31 Å². The minimum Gasteiger partial charge on any atom is -0.465 e. The first-order valence-electron chi connectivity index (χ1n) is 5.33. The van der Waals surface area contributed by atoms with E-state index in [0.29, 0.717) is 0 Å². The van der Waals surface area contributed by atoms with Crippen molar-refractivity contribution in [3.63, 3.8) is 0 Å². The SMILES string of the molecule is CCOC(=O)CN1C(=O)c2ccccc2S1(O)O. The highest BCUT2D eigenvalue weighted by Gasteiger charge is 2.42. The Morgan fingerprint density at radius 1 is 1.39 bits per heavy atom. The molecule has 2 rings (SSSR count). The lowest BCUT2D eigenvalue weighted by Gasteiger charge is -2.36. The first kappa shape index (κ1) is 12.9. The molecule has 2 N–H and O–H groups in total. The first-order chi connectivity index (χ1) is 8.48. The Balaban J connectivity index is 2.30. The molecule has 6 nitrogen and oxygen atoms in total. The molecule has 0 bridgehead atoms. The quantitative estimate of drug-likeness (QED) is 0.817. The third-order valence-corrected chi connectivity index (χ3v) is 4.38. The van der Waals surface area contributed by atoms with E-state index in [1.54, 1.807) is 19.1 Å². The fraction of sp³-hybridized carbons (Fsp3) is 0.273. The minimum atomic E-state index is -3.43. The number of hydrogen-bond donors (Lipinski definition) is 2. The number of ether oxygens (including phenoxy) is 1. The van der Waals surface area contributed by atoms with Gasteiger partial charge >= 0.3 is 5.97 Å². The molecule has 1 aromatic carbocycles. The van der Waals surface area contributed by atoms with Gasteiger partial charge in [-0.05, 0) is 19.1 Å². The highest BCUT2D eigenvalue weighted by Crippen LogP contribution is 2.58. The van der Waals surface area contributed by atoms with Crippen LogP contribution in [0.25, 0.3) is 0 Å². The molecular weight excluding hydrogens is 258 g/mol. The highest BCUT2D eigenvalue weighted by molar-refractivity contribution is 8.23. The van der Waals surface area contributed by atoms with Crippen molar-refractivity contribution in [1.29, 1.82) is 0 Å². The zero-order chi connectivity index (χ0) is 13.3. The summed E-state index contributed by atoms with van der Waals surface area (Å²) in [4.78, 5) is 23.5. The molecule has 0 fully saturated rings. The van der Waals surface area contributed by atoms with E-state index in [1.165, 1.54) is 12.1 Å². The molecule has 0 aromatic heterocycles. The number of fused-ring (bicyclic) bond motifs is 1. The van der Waals surface area contributed by atoms with Crippen LogP contribution in [0, 0.1) is 0 Å². The number of amides is 1. The molecule has 0 atom stereocenters. The van der Waals surface area contributed by atoms with E-state index in [9.17, 15) is 18.7 Å². The molecule has 98 valence electrons. The number of esters is 1. The normalized spacial score (nSPS) is 18.4. The van der Waals surface area contributed by atoms with Crippen LogP contribution in [0.15, 0.2) is 29.2 Å². The van der Waals surface area contributed by atoms with Crippen LogP contribution < -0.4 is 0 Å². The van der Waals surface area contributed by atoms with Crippen molar-refractivity contribution in [2.45, 2.75) is 11.8 Å². The van der Waals surface area contributed by atoms with Crippen LogP contribution in [0.5, 0.6) is 0 Å². The van der Waals surface area contributed by atoms with Crippen molar-refractivity contribution in [2.75, 3.05) is 13.2 Å². The Labute approximate surface area is 106 Å². The van der Waals surface area contributed by atoms with Gasteiger partial charge in [0, 0.05) is 0 Å². The van der Waals surface area contributed by atoms with Crippen LogP contribution in [-0.4, -0.2) is 38.4 Å². The molecule has 7 heteroatoms. The summed E-state index contributed by atoms with van der Waals surface area (Å²) in [7, 11) is -3.43. The van der Waals surface area contributed by atoms with E-state index in [-0.39, 0.29) is 17.1 Å². The van der Waals surface area contributed by atoms with Crippen molar-refractivity contribution < 1.29 is 23.4 Å². The molecule has 0 saturated carbocycles. The molecule has 1 amide bonds. The zero-order valence-corrected chi connectivity index (χ0v) is 10.5. The molecule has 18 heavy (non-hydrogen) atoms. The third-order valence-electron chi connectivity index (χ3n) is 2.52. The number of nitrogens with zero attached hydrogens (tertiary/aromatic N) is 1. The molecule has 0 spiro atoms. The van der Waals surface area contributed by atoms with Gasteiger partial charge in [0.15, 0.2) is 0 Å². The van der Waals surface area contributed by atoms with Gasteiger partial charge in [-0.2, -0.15) is 0 Å². The lowest BCUT2D eigenvalue weighted by Crippen LogP contribution is -2.33. The lowest BCUT2D eigenvalue weighted by atomic mass is 10.2. The van der Waals surface area contributed by atoms with Crippen LogP contribution in [0.4, 0.5) is 0 Å². The second-order valence-electron chi connectivity index (χ2n) is 3.66. The minimum absolute atomic E-state index is 0.152. The van der Waals surface area contributed by atoms with Gasteiger partial charge in [-0.1, -0.05) is 22.9 Å². The van der Waals surface area contributed by atoms with Crippen molar-refractivity contribution in [2.24, 2.45) is 0 Å².